The molecule has 0 aliphatic carbocycles. The first-order valence-corrected chi connectivity index (χ1v) is 8.75. The van der Waals surface area contributed by atoms with Crippen molar-refractivity contribution < 1.29 is 4.79 Å². The number of nitrogens with zero attached hydrogens (tertiary/aromatic N) is 3. The number of thiazole rings is 1. The minimum Gasteiger partial charge on any atom is -0.347 e. The van der Waals surface area contributed by atoms with E-state index in [1.54, 1.807) is 28.3 Å². The highest BCUT2D eigenvalue weighted by Gasteiger charge is 2.13. The van der Waals surface area contributed by atoms with Crippen molar-refractivity contribution in [2.75, 3.05) is 0 Å². The first-order chi connectivity index (χ1) is 11.6. The fourth-order valence-corrected chi connectivity index (χ4v) is 3.34. The molecule has 1 aromatic carbocycles. The molecule has 5 nitrogen and oxygen atoms in total. The van der Waals surface area contributed by atoms with Crippen LogP contribution in [0.5, 0.6) is 0 Å². The summed E-state index contributed by atoms with van der Waals surface area (Å²) in [7, 11) is 0. The topological polar surface area (TPSA) is 59.8 Å². The minimum absolute atomic E-state index is 0.108. The van der Waals surface area contributed by atoms with Crippen molar-refractivity contribution in [1.29, 1.82) is 0 Å². The molecule has 1 N–H and O–H groups in total. The quantitative estimate of drug-likeness (QED) is 0.768. The summed E-state index contributed by atoms with van der Waals surface area (Å²) in [5.74, 6) is -0.108. The summed E-state index contributed by atoms with van der Waals surface area (Å²) in [5, 5.41) is 7.14. The van der Waals surface area contributed by atoms with Crippen molar-refractivity contribution in [2.24, 2.45) is 0 Å². The monoisotopic (exact) mass is 340 g/mol. The Morgan fingerprint density at radius 2 is 2.00 bits per heavy atom. The number of rotatable bonds is 5. The third-order valence-electron chi connectivity index (χ3n) is 3.81. The van der Waals surface area contributed by atoms with Crippen molar-refractivity contribution in [3.63, 3.8) is 0 Å². The standard InChI is InChI=1S/C18H20N4OS/c1-12(2)22-16(8-9-21-22)18(23)19-10-14-4-6-15(7-5-14)17-13(3)20-11-24-17/h4-9,11-12H,10H2,1-3H3,(H,19,23). The van der Waals surface area contributed by atoms with Gasteiger partial charge >= 0.3 is 0 Å². The molecule has 0 saturated carbocycles. The molecular formula is C18H20N4OS. The van der Waals surface area contributed by atoms with Gasteiger partial charge in [0.2, 0.25) is 0 Å². The predicted molar refractivity (Wildman–Crippen MR) is 96.1 cm³/mol. The Kier molecular flexibility index (Phi) is 4.76. The SMILES string of the molecule is Cc1ncsc1-c1ccc(CNC(=O)c2ccnn2C(C)C)cc1. The van der Waals surface area contributed by atoms with Gasteiger partial charge in [0.05, 0.1) is 16.1 Å². The second kappa shape index (κ2) is 6.97. The molecule has 0 bridgehead atoms. The summed E-state index contributed by atoms with van der Waals surface area (Å²) in [6.45, 7) is 6.51. The van der Waals surface area contributed by atoms with Crippen molar-refractivity contribution >= 4 is 17.2 Å². The van der Waals surface area contributed by atoms with Crippen molar-refractivity contribution in [3.8, 4) is 10.4 Å². The third-order valence-corrected chi connectivity index (χ3v) is 4.78. The first-order valence-electron chi connectivity index (χ1n) is 7.87. The summed E-state index contributed by atoms with van der Waals surface area (Å²) in [4.78, 5) is 17.8. The van der Waals surface area contributed by atoms with E-state index in [9.17, 15) is 4.79 Å². The van der Waals surface area contributed by atoms with E-state index in [0.29, 0.717) is 12.2 Å². The Morgan fingerprint density at radius 3 is 2.62 bits per heavy atom. The molecule has 0 aliphatic rings. The highest BCUT2D eigenvalue weighted by Crippen LogP contribution is 2.27. The summed E-state index contributed by atoms with van der Waals surface area (Å²) < 4.78 is 1.73. The van der Waals surface area contributed by atoms with E-state index in [4.69, 9.17) is 0 Å². The molecule has 2 aromatic heterocycles. The highest BCUT2D eigenvalue weighted by molar-refractivity contribution is 7.13. The molecule has 0 unspecified atom stereocenters. The van der Waals surface area contributed by atoms with E-state index in [1.165, 1.54) is 4.88 Å². The molecule has 24 heavy (non-hydrogen) atoms. The van der Waals surface area contributed by atoms with Crippen LogP contribution in [0.3, 0.4) is 0 Å². The van der Waals surface area contributed by atoms with Crippen LogP contribution in [-0.2, 0) is 6.54 Å². The molecule has 2 heterocycles. The van der Waals surface area contributed by atoms with Gasteiger partial charge in [0.25, 0.3) is 5.91 Å². The highest BCUT2D eigenvalue weighted by atomic mass is 32.1. The van der Waals surface area contributed by atoms with Crippen LogP contribution >= 0.6 is 11.3 Å². The van der Waals surface area contributed by atoms with Gasteiger partial charge in [0.15, 0.2) is 0 Å². The molecule has 0 fully saturated rings. The van der Waals surface area contributed by atoms with E-state index < -0.39 is 0 Å². The van der Waals surface area contributed by atoms with Crippen LogP contribution in [0.1, 0.15) is 41.6 Å². The van der Waals surface area contributed by atoms with E-state index in [-0.39, 0.29) is 11.9 Å². The second-order valence-corrected chi connectivity index (χ2v) is 6.76. The molecule has 0 aliphatic heterocycles. The zero-order valence-electron chi connectivity index (χ0n) is 14.0. The number of nitrogens with one attached hydrogen (secondary N) is 1. The Morgan fingerprint density at radius 1 is 1.25 bits per heavy atom. The zero-order valence-corrected chi connectivity index (χ0v) is 14.8. The average molecular weight is 340 g/mol. The summed E-state index contributed by atoms with van der Waals surface area (Å²) >= 11 is 1.64. The molecule has 0 atom stereocenters. The zero-order chi connectivity index (χ0) is 17.1. The molecule has 3 aromatic rings. The summed E-state index contributed by atoms with van der Waals surface area (Å²) in [5.41, 5.74) is 5.70. The second-order valence-electron chi connectivity index (χ2n) is 5.90. The molecule has 0 saturated heterocycles. The lowest BCUT2D eigenvalue weighted by molar-refractivity contribution is 0.0938. The number of hydrogen-bond acceptors (Lipinski definition) is 4. The van der Waals surface area contributed by atoms with Gasteiger partial charge in [-0.3, -0.25) is 9.48 Å². The number of aryl methyl sites for hydroxylation is 1. The maximum absolute atomic E-state index is 12.3. The molecule has 6 heteroatoms. The number of carbonyl (C=O) groups excluding carboxylic acids is 1. The van der Waals surface area contributed by atoms with Gasteiger partial charge in [-0.25, -0.2) is 4.98 Å². The molecule has 124 valence electrons. The fraction of sp³-hybridized carbons (Fsp3) is 0.278. The van der Waals surface area contributed by atoms with Crippen LogP contribution in [0, 0.1) is 6.92 Å². The number of carbonyl (C=O) groups is 1. The van der Waals surface area contributed by atoms with E-state index in [1.807, 2.05) is 38.4 Å². The largest absolute Gasteiger partial charge is 0.347 e. The van der Waals surface area contributed by atoms with Gasteiger partial charge in [-0.2, -0.15) is 5.10 Å². The van der Waals surface area contributed by atoms with Gasteiger partial charge < -0.3 is 5.32 Å². The molecule has 0 radical (unpaired) electrons. The first kappa shape index (κ1) is 16.4. The summed E-state index contributed by atoms with van der Waals surface area (Å²) in [6.07, 6.45) is 1.65. The Balaban J connectivity index is 1.66. The Labute approximate surface area is 145 Å². The maximum atomic E-state index is 12.3. The number of amides is 1. The third kappa shape index (κ3) is 3.38. The van der Waals surface area contributed by atoms with E-state index in [0.717, 1.165) is 16.8 Å². The van der Waals surface area contributed by atoms with Crippen LogP contribution < -0.4 is 5.32 Å². The van der Waals surface area contributed by atoms with E-state index in [2.05, 4.69) is 27.5 Å². The molecule has 1 amide bonds. The number of aromatic nitrogens is 3. The summed E-state index contributed by atoms with van der Waals surface area (Å²) in [6, 6.07) is 10.1. The van der Waals surface area contributed by atoms with Crippen molar-refractivity contribution in [3.05, 3.63) is 59.0 Å². The smallest absolute Gasteiger partial charge is 0.269 e. The normalized spacial score (nSPS) is 11.0. The van der Waals surface area contributed by atoms with Gasteiger partial charge in [0.1, 0.15) is 5.69 Å². The molecule has 0 spiro atoms. The van der Waals surface area contributed by atoms with Crippen molar-refractivity contribution in [2.45, 2.75) is 33.4 Å². The van der Waals surface area contributed by atoms with Crippen molar-refractivity contribution in [1.82, 2.24) is 20.1 Å². The van der Waals surface area contributed by atoms with Gasteiger partial charge in [-0.1, -0.05) is 24.3 Å². The molecular weight excluding hydrogens is 320 g/mol. The van der Waals surface area contributed by atoms with E-state index >= 15 is 0 Å². The lowest BCUT2D eigenvalue weighted by Crippen LogP contribution is -2.26. The molecule has 3 rings (SSSR count). The van der Waals surface area contributed by atoms with Gasteiger partial charge in [0, 0.05) is 18.8 Å². The number of benzene rings is 1. The van der Waals surface area contributed by atoms with Crippen LogP contribution in [0.15, 0.2) is 42.0 Å². The van der Waals surface area contributed by atoms with Gasteiger partial charge in [-0.15, -0.1) is 11.3 Å². The lowest BCUT2D eigenvalue weighted by Gasteiger charge is -2.11. The maximum Gasteiger partial charge on any atom is 0.269 e. The van der Waals surface area contributed by atoms with Crippen LogP contribution in [0.4, 0.5) is 0 Å². The Bertz CT molecular complexity index is 833. The van der Waals surface area contributed by atoms with Crippen LogP contribution in [0.25, 0.3) is 10.4 Å². The number of hydrogen-bond donors (Lipinski definition) is 1. The fourth-order valence-electron chi connectivity index (χ4n) is 2.53. The van der Waals surface area contributed by atoms with Crippen LogP contribution in [-0.4, -0.2) is 20.7 Å². The minimum atomic E-state index is -0.108. The lowest BCUT2D eigenvalue weighted by atomic mass is 10.1. The van der Waals surface area contributed by atoms with Gasteiger partial charge in [-0.05, 0) is 38.0 Å². The average Bonchev–Trinajstić information content (AvgIpc) is 3.22. The predicted octanol–water partition coefficient (Wildman–Crippen LogP) is 3.83. The van der Waals surface area contributed by atoms with Crippen LogP contribution in [0.2, 0.25) is 0 Å². The Hall–Kier alpha value is -2.47.